The van der Waals surface area contributed by atoms with Crippen molar-refractivity contribution in [3.63, 3.8) is 0 Å². The lowest BCUT2D eigenvalue weighted by Gasteiger charge is -2.33. The number of piperidine rings is 1. The number of nitrogens with zero attached hydrogens (tertiary/aromatic N) is 1. The fraction of sp³-hybridized carbons (Fsp3) is 0.292. The van der Waals surface area contributed by atoms with Crippen LogP contribution in [-0.2, 0) is 19.4 Å². The largest absolute Gasteiger partial charge is 0.459 e. The third-order valence-corrected chi connectivity index (χ3v) is 6.23. The van der Waals surface area contributed by atoms with Gasteiger partial charge >= 0.3 is 5.97 Å². The zero-order valence-electron chi connectivity index (χ0n) is 17.4. The maximum atomic E-state index is 11.7. The molecule has 3 rings (SSSR count). The standard InChI is InChI=1S/C24H27NO4S/c1-18(2)24(26)29-22-14-16-25(17-15-22)21-10-6-19(7-11-21)4-5-20-8-12-23(13-9-20)30(3,27)28/h4-13,22H,1,14-17H2,2-3H3. The SMILES string of the molecule is C=C(C)C(=O)OC1CCN(c2ccc(C=Cc3ccc(S(C)(=O)=O)cc3)cc2)CC1. The molecule has 1 heterocycles. The van der Waals surface area contributed by atoms with E-state index in [2.05, 4.69) is 35.7 Å². The maximum absolute atomic E-state index is 11.7. The van der Waals surface area contributed by atoms with Crippen molar-refractivity contribution in [3.8, 4) is 0 Å². The van der Waals surface area contributed by atoms with Crippen LogP contribution in [0.2, 0.25) is 0 Å². The van der Waals surface area contributed by atoms with Crippen molar-refractivity contribution in [2.45, 2.75) is 30.8 Å². The molecule has 0 N–H and O–H groups in total. The molecule has 0 atom stereocenters. The molecule has 5 nitrogen and oxygen atoms in total. The molecule has 1 saturated heterocycles. The lowest BCUT2D eigenvalue weighted by atomic mass is 10.1. The number of hydrogen-bond acceptors (Lipinski definition) is 5. The van der Waals surface area contributed by atoms with Gasteiger partial charge in [-0.25, -0.2) is 13.2 Å². The van der Waals surface area contributed by atoms with Crippen LogP contribution in [0.4, 0.5) is 5.69 Å². The first kappa shape index (κ1) is 21.8. The Morgan fingerprint density at radius 1 is 1.00 bits per heavy atom. The van der Waals surface area contributed by atoms with Gasteiger partial charge in [0.05, 0.1) is 4.90 Å². The quantitative estimate of drug-likeness (QED) is 0.391. The first-order chi connectivity index (χ1) is 14.2. The molecule has 0 bridgehead atoms. The van der Waals surface area contributed by atoms with Crippen molar-refractivity contribution in [2.24, 2.45) is 0 Å². The molecule has 0 unspecified atom stereocenters. The molecule has 158 valence electrons. The van der Waals surface area contributed by atoms with Crippen LogP contribution in [0.5, 0.6) is 0 Å². The highest BCUT2D eigenvalue weighted by molar-refractivity contribution is 7.90. The summed E-state index contributed by atoms with van der Waals surface area (Å²) in [5, 5.41) is 0. The number of carbonyl (C=O) groups is 1. The van der Waals surface area contributed by atoms with E-state index in [0.29, 0.717) is 10.5 Å². The Hall–Kier alpha value is -2.86. The van der Waals surface area contributed by atoms with Gasteiger partial charge < -0.3 is 9.64 Å². The Morgan fingerprint density at radius 2 is 1.50 bits per heavy atom. The second-order valence-corrected chi connectivity index (χ2v) is 9.65. The summed E-state index contributed by atoms with van der Waals surface area (Å²) >= 11 is 0. The van der Waals surface area contributed by atoms with Crippen molar-refractivity contribution in [2.75, 3.05) is 24.2 Å². The van der Waals surface area contributed by atoms with Crippen LogP contribution < -0.4 is 4.90 Å². The molecule has 30 heavy (non-hydrogen) atoms. The summed E-state index contributed by atoms with van der Waals surface area (Å²) in [6, 6.07) is 15.1. The van der Waals surface area contributed by atoms with Gasteiger partial charge in [0.15, 0.2) is 9.84 Å². The highest BCUT2D eigenvalue weighted by atomic mass is 32.2. The summed E-state index contributed by atoms with van der Waals surface area (Å²) < 4.78 is 28.5. The van der Waals surface area contributed by atoms with Gasteiger partial charge in [0.1, 0.15) is 6.10 Å². The lowest BCUT2D eigenvalue weighted by molar-refractivity contribution is -0.145. The second-order valence-electron chi connectivity index (χ2n) is 7.64. The molecule has 1 aliphatic rings. The first-order valence-corrected chi connectivity index (χ1v) is 11.8. The molecule has 2 aromatic carbocycles. The van der Waals surface area contributed by atoms with E-state index in [1.165, 1.54) is 6.26 Å². The van der Waals surface area contributed by atoms with Crippen molar-refractivity contribution < 1.29 is 17.9 Å². The topological polar surface area (TPSA) is 63.7 Å². The maximum Gasteiger partial charge on any atom is 0.333 e. The smallest absolute Gasteiger partial charge is 0.333 e. The molecule has 0 aliphatic carbocycles. The predicted octanol–water partition coefficient (Wildman–Crippen LogP) is 4.35. The fourth-order valence-electron chi connectivity index (χ4n) is 3.30. The van der Waals surface area contributed by atoms with E-state index >= 15 is 0 Å². The molecule has 0 aromatic heterocycles. The molecular formula is C24H27NO4S. The second kappa shape index (κ2) is 9.30. The Labute approximate surface area is 178 Å². The van der Waals surface area contributed by atoms with E-state index in [0.717, 1.165) is 42.7 Å². The molecule has 1 aliphatic heterocycles. The number of ether oxygens (including phenoxy) is 1. The summed E-state index contributed by atoms with van der Waals surface area (Å²) in [6.07, 6.45) is 6.75. The Morgan fingerprint density at radius 3 is 1.97 bits per heavy atom. The van der Waals surface area contributed by atoms with E-state index < -0.39 is 9.84 Å². The average molecular weight is 426 g/mol. The van der Waals surface area contributed by atoms with Gasteiger partial charge in [-0.15, -0.1) is 0 Å². The van der Waals surface area contributed by atoms with E-state index in [4.69, 9.17) is 4.74 Å². The highest BCUT2D eigenvalue weighted by Crippen LogP contribution is 2.23. The van der Waals surface area contributed by atoms with Crippen molar-refractivity contribution >= 4 is 33.6 Å². The third-order valence-electron chi connectivity index (χ3n) is 5.10. The molecule has 2 aromatic rings. The number of esters is 1. The summed E-state index contributed by atoms with van der Waals surface area (Å²) in [4.78, 5) is 14.3. The van der Waals surface area contributed by atoms with Gasteiger partial charge in [0.2, 0.25) is 0 Å². The minimum Gasteiger partial charge on any atom is -0.459 e. The molecule has 6 heteroatoms. The van der Waals surface area contributed by atoms with Crippen LogP contribution in [0.3, 0.4) is 0 Å². The lowest BCUT2D eigenvalue weighted by Crippen LogP contribution is -2.37. The molecule has 0 radical (unpaired) electrons. The van der Waals surface area contributed by atoms with Crippen molar-refractivity contribution in [1.29, 1.82) is 0 Å². The van der Waals surface area contributed by atoms with Gasteiger partial charge in [-0.05, 0) is 42.3 Å². The normalized spacial score (nSPS) is 15.3. The molecule has 0 saturated carbocycles. The molecule has 1 fully saturated rings. The Bertz CT molecular complexity index is 1030. The van der Waals surface area contributed by atoms with Gasteiger partial charge in [0, 0.05) is 43.4 Å². The number of sulfone groups is 1. The summed E-state index contributed by atoms with van der Waals surface area (Å²) in [5.74, 6) is -0.310. The Kier molecular flexibility index (Phi) is 6.77. The van der Waals surface area contributed by atoms with Crippen LogP contribution >= 0.6 is 0 Å². The summed E-state index contributed by atoms with van der Waals surface area (Å²) in [5.41, 5.74) is 3.59. The number of benzene rings is 2. The highest BCUT2D eigenvalue weighted by Gasteiger charge is 2.22. The average Bonchev–Trinajstić information content (AvgIpc) is 2.73. The van der Waals surface area contributed by atoms with Gasteiger partial charge in [0.25, 0.3) is 0 Å². The third kappa shape index (κ3) is 5.83. The van der Waals surface area contributed by atoms with Crippen LogP contribution in [0.15, 0.2) is 65.6 Å². The van der Waals surface area contributed by atoms with Gasteiger partial charge in [-0.3, -0.25) is 0 Å². The molecule has 0 spiro atoms. The first-order valence-electron chi connectivity index (χ1n) is 9.92. The minimum absolute atomic E-state index is 0.0401. The van der Waals surface area contributed by atoms with Crippen LogP contribution in [0.1, 0.15) is 30.9 Å². The van der Waals surface area contributed by atoms with Crippen molar-refractivity contribution in [3.05, 3.63) is 71.8 Å². The van der Waals surface area contributed by atoms with E-state index in [-0.39, 0.29) is 12.1 Å². The summed E-state index contributed by atoms with van der Waals surface area (Å²) in [6.45, 7) is 6.98. The van der Waals surface area contributed by atoms with E-state index in [9.17, 15) is 13.2 Å². The number of carbonyl (C=O) groups excluding carboxylic acids is 1. The monoisotopic (exact) mass is 425 g/mol. The van der Waals surface area contributed by atoms with Crippen LogP contribution in [0.25, 0.3) is 12.2 Å². The van der Waals surface area contributed by atoms with Crippen LogP contribution in [0, 0.1) is 0 Å². The summed E-state index contributed by atoms with van der Waals surface area (Å²) in [7, 11) is -3.17. The minimum atomic E-state index is -3.17. The van der Waals surface area contributed by atoms with Gasteiger partial charge in [-0.1, -0.05) is 43.0 Å². The van der Waals surface area contributed by atoms with Crippen LogP contribution in [-0.4, -0.2) is 39.8 Å². The number of hydrogen-bond donors (Lipinski definition) is 0. The predicted molar refractivity (Wildman–Crippen MR) is 121 cm³/mol. The fourth-order valence-corrected chi connectivity index (χ4v) is 3.93. The molecule has 0 amide bonds. The van der Waals surface area contributed by atoms with E-state index in [1.807, 2.05) is 12.2 Å². The van der Waals surface area contributed by atoms with Crippen molar-refractivity contribution in [1.82, 2.24) is 0 Å². The van der Waals surface area contributed by atoms with Gasteiger partial charge in [-0.2, -0.15) is 0 Å². The molecular weight excluding hydrogens is 398 g/mol. The number of anilines is 1. The Balaban J connectivity index is 1.56. The van der Waals surface area contributed by atoms with E-state index in [1.54, 1.807) is 31.2 Å². The number of rotatable bonds is 6. The zero-order valence-corrected chi connectivity index (χ0v) is 18.2. The zero-order chi connectivity index (χ0) is 21.7.